The Morgan fingerprint density at radius 2 is 1.82 bits per heavy atom. The second-order valence-electron chi connectivity index (χ2n) is 6.20. The van der Waals surface area contributed by atoms with Crippen LogP contribution in [-0.2, 0) is 9.53 Å². The summed E-state index contributed by atoms with van der Waals surface area (Å²) < 4.78 is 46.9. The van der Waals surface area contributed by atoms with Crippen molar-refractivity contribution < 1.29 is 32.5 Å². The minimum atomic E-state index is -5.20. The molecule has 0 aliphatic rings. The molecule has 2 rings (SSSR count). The number of esters is 1. The van der Waals surface area contributed by atoms with Crippen molar-refractivity contribution in [3.63, 3.8) is 0 Å². The van der Waals surface area contributed by atoms with Gasteiger partial charge in [-0.05, 0) is 44.5 Å². The zero-order chi connectivity index (χ0) is 20.9. The highest BCUT2D eigenvalue weighted by Crippen LogP contribution is 2.32. The second-order valence-corrected chi connectivity index (χ2v) is 6.20. The summed E-state index contributed by atoms with van der Waals surface area (Å²) in [5, 5.41) is 3.86. The van der Waals surface area contributed by atoms with Gasteiger partial charge in [-0.2, -0.15) is 13.2 Å². The van der Waals surface area contributed by atoms with Crippen molar-refractivity contribution in [1.29, 1.82) is 0 Å². The van der Waals surface area contributed by atoms with Crippen molar-refractivity contribution in [3.05, 3.63) is 59.3 Å². The molecule has 0 unspecified atom stereocenters. The summed E-state index contributed by atoms with van der Waals surface area (Å²) in [6.07, 6.45) is -3.74. The van der Waals surface area contributed by atoms with Gasteiger partial charge in [0.05, 0.1) is 12.8 Å². The fraction of sp³-hybridized carbons (Fsp3) is 0.316. The lowest BCUT2D eigenvalue weighted by atomic mass is 10.1. The van der Waals surface area contributed by atoms with E-state index in [9.17, 15) is 22.8 Å². The SMILES string of the molecule is CCOC(=O)[C@@](NC(=O)c1cccc(C)c1)(Nc1ccc(C)c[nH+]1)C(F)(F)F. The van der Waals surface area contributed by atoms with Gasteiger partial charge in [-0.25, -0.2) is 15.1 Å². The van der Waals surface area contributed by atoms with Gasteiger partial charge >= 0.3 is 17.8 Å². The second kappa shape index (κ2) is 8.28. The van der Waals surface area contributed by atoms with Crippen molar-refractivity contribution in [3.8, 4) is 0 Å². The molecule has 1 atom stereocenters. The van der Waals surface area contributed by atoms with Crippen molar-refractivity contribution in [2.75, 3.05) is 11.9 Å². The van der Waals surface area contributed by atoms with Gasteiger partial charge in [0.1, 0.15) is 0 Å². The Labute approximate surface area is 160 Å². The number of anilines is 1. The molecule has 0 bridgehead atoms. The fourth-order valence-electron chi connectivity index (χ4n) is 2.44. The number of ether oxygens (including phenoxy) is 1. The summed E-state index contributed by atoms with van der Waals surface area (Å²) >= 11 is 0. The maximum absolute atomic E-state index is 14.1. The maximum atomic E-state index is 14.1. The molecule has 0 fully saturated rings. The number of nitrogens with one attached hydrogen (secondary N) is 3. The van der Waals surface area contributed by atoms with E-state index < -0.39 is 23.7 Å². The number of aryl methyl sites for hydroxylation is 2. The molecular formula is C19H21F3N3O3+. The average molecular weight is 396 g/mol. The first-order valence-corrected chi connectivity index (χ1v) is 8.48. The van der Waals surface area contributed by atoms with Gasteiger partial charge in [-0.1, -0.05) is 17.7 Å². The molecule has 28 heavy (non-hydrogen) atoms. The van der Waals surface area contributed by atoms with Crippen LogP contribution in [0, 0.1) is 13.8 Å². The summed E-state index contributed by atoms with van der Waals surface area (Å²) in [6.45, 7) is 4.51. The first-order valence-electron chi connectivity index (χ1n) is 8.48. The molecule has 150 valence electrons. The fourth-order valence-corrected chi connectivity index (χ4v) is 2.44. The van der Waals surface area contributed by atoms with Crippen molar-refractivity contribution in [2.24, 2.45) is 0 Å². The number of aromatic amines is 1. The number of aromatic nitrogens is 1. The van der Waals surface area contributed by atoms with Crippen LogP contribution < -0.4 is 15.6 Å². The third-order valence-corrected chi connectivity index (χ3v) is 3.88. The van der Waals surface area contributed by atoms with Crippen LogP contribution in [-0.4, -0.2) is 30.3 Å². The van der Waals surface area contributed by atoms with Crippen LogP contribution in [0.5, 0.6) is 0 Å². The van der Waals surface area contributed by atoms with E-state index >= 15 is 0 Å². The number of H-pyrrole nitrogens is 1. The summed E-state index contributed by atoms with van der Waals surface area (Å²) in [5.74, 6) is -2.87. The predicted octanol–water partition coefficient (Wildman–Crippen LogP) is 2.78. The number of alkyl halides is 3. The number of rotatable bonds is 6. The van der Waals surface area contributed by atoms with Crippen molar-refractivity contribution in [1.82, 2.24) is 5.32 Å². The maximum Gasteiger partial charge on any atom is 0.464 e. The van der Waals surface area contributed by atoms with Gasteiger partial charge in [0, 0.05) is 11.6 Å². The van der Waals surface area contributed by atoms with Gasteiger partial charge < -0.3 is 4.74 Å². The average Bonchev–Trinajstić information content (AvgIpc) is 2.62. The lowest BCUT2D eigenvalue weighted by molar-refractivity contribution is -0.363. The molecule has 3 N–H and O–H groups in total. The minimum absolute atomic E-state index is 0.0207. The molecule has 0 saturated heterocycles. The Bertz CT molecular complexity index is 853. The van der Waals surface area contributed by atoms with E-state index in [1.807, 2.05) is 0 Å². The van der Waals surface area contributed by atoms with Crippen LogP contribution in [0.1, 0.15) is 28.4 Å². The van der Waals surface area contributed by atoms with E-state index in [2.05, 4.69) is 15.0 Å². The molecule has 1 heterocycles. The van der Waals surface area contributed by atoms with Crippen LogP contribution in [0.3, 0.4) is 0 Å². The number of amides is 1. The van der Waals surface area contributed by atoms with E-state index in [0.29, 0.717) is 5.56 Å². The van der Waals surface area contributed by atoms with E-state index in [4.69, 9.17) is 0 Å². The van der Waals surface area contributed by atoms with Crippen LogP contribution in [0.25, 0.3) is 0 Å². The molecule has 9 heteroatoms. The zero-order valence-corrected chi connectivity index (χ0v) is 15.6. The number of hydrogen-bond acceptors (Lipinski definition) is 4. The molecule has 0 aliphatic carbocycles. The van der Waals surface area contributed by atoms with Crippen LogP contribution in [0.2, 0.25) is 0 Å². The van der Waals surface area contributed by atoms with Gasteiger partial charge in [-0.3, -0.25) is 10.1 Å². The summed E-state index contributed by atoms with van der Waals surface area (Å²) in [6, 6.07) is 8.87. The number of pyridine rings is 1. The zero-order valence-electron chi connectivity index (χ0n) is 15.6. The largest absolute Gasteiger partial charge is 0.464 e. The lowest BCUT2D eigenvalue weighted by Gasteiger charge is -2.30. The number of carbonyl (C=O) groups is 2. The van der Waals surface area contributed by atoms with Gasteiger partial charge in [0.25, 0.3) is 11.7 Å². The number of hydrogen-bond donors (Lipinski definition) is 2. The third-order valence-electron chi connectivity index (χ3n) is 3.88. The van der Waals surface area contributed by atoms with Crippen molar-refractivity contribution in [2.45, 2.75) is 32.6 Å². The van der Waals surface area contributed by atoms with Crippen molar-refractivity contribution >= 4 is 17.7 Å². The van der Waals surface area contributed by atoms with Gasteiger partial charge in [0.2, 0.25) is 0 Å². The highest BCUT2D eigenvalue weighted by Gasteiger charge is 2.67. The Kier molecular flexibility index (Phi) is 6.27. The molecule has 0 aliphatic heterocycles. The quantitative estimate of drug-likeness (QED) is 0.581. The molecule has 1 aromatic carbocycles. The Hall–Kier alpha value is -3.10. The number of carbonyl (C=O) groups excluding carboxylic acids is 2. The molecule has 1 aromatic heterocycles. The number of benzene rings is 1. The summed E-state index contributed by atoms with van der Waals surface area (Å²) in [5.41, 5.74) is -2.05. The molecule has 6 nitrogen and oxygen atoms in total. The molecule has 1 amide bonds. The summed E-state index contributed by atoms with van der Waals surface area (Å²) in [7, 11) is 0. The van der Waals surface area contributed by atoms with E-state index in [-0.39, 0.29) is 18.0 Å². The van der Waals surface area contributed by atoms with Gasteiger partial charge in [-0.15, -0.1) is 0 Å². The van der Waals surface area contributed by atoms with Crippen LogP contribution in [0.15, 0.2) is 42.6 Å². The highest BCUT2D eigenvalue weighted by atomic mass is 19.4. The Morgan fingerprint density at radius 3 is 2.36 bits per heavy atom. The van der Waals surface area contributed by atoms with Crippen LogP contribution >= 0.6 is 0 Å². The first-order chi connectivity index (χ1) is 13.1. The molecule has 2 aromatic rings. The van der Waals surface area contributed by atoms with E-state index in [1.54, 1.807) is 31.3 Å². The third kappa shape index (κ3) is 4.59. The molecule has 0 saturated carbocycles. The Balaban J connectivity index is 2.50. The highest BCUT2D eigenvalue weighted by molar-refractivity contribution is 5.99. The molecule has 0 spiro atoms. The summed E-state index contributed by atoms with van der Waals surface area (Å²) in [4.78, 5) is 27.5. The smallest absolute Gasteiger partial charge is 0.461 e. The number of halogens is 3. The monoisotopic (exact) mass is 396 g/mol. The lowest BCUT2D eigenvalue weighted by Crippen LogP contribution is -2.69. The first kappa shape index (κ1) is 21.2. The van der Waals surface area contributed by atoms with E-state index in [1.165, 1.54) is 37.4 Å². The standard InChI is InChI=1S/C19H20F3N3O3/c1-4-28-17(27)18(19(20,21)22,24-15-9-8-13(3)11-23-15)25-16(26)14-7-5-6-12(2)10-14/h5-11H,4H2,1-3H3,(H,23,24)(H,25,26)/p+1/t18-/m0/s1. The topological polar surface area (TPSA) is 81.6 Å². The molecule has 0 radical (unpaired) electrons. The van der Waals surface area contributed by atoms with E-state index in [0.717, 1.165) is 5.56 Å². The Morgan fingerprint density at radius 1 is 1.11 bits per heavy atom. The molecular weight excluding hydrogens is 375 g/mol. The predicted molar refractivity (Wildman–Crippen MR) is 95.4 cm³/mol. The normalized spacial score (nSPS) is 13.4. The van der Waals surface area contributed by atoms with Gasteiger partial charge in [0.15, 0.2) is 0 Å². The van der Waals surface area contributed by atoms with Crippen LogP contribution in [0.4, 0.5) is 19.0 Å². The minimum Gasteiger partial charge on any atom is -0.461 e.